The van der Waals surface area contributed by atoms with Crippen molar-refractivity contribution in [2.75, 3.05) is 14.2 Å². The Morgan fingerprint density at radius 2 is 2.00 bits per heavy atom. The Morgan fingerprint density at radius 3 is 2.40 bits per heavy atom. The second-order valence-corrected chi connectivity index (χ2v) is 3.72. The summed E-state index contributed by atoms with van der Waals surface area (Å²) < 4.78 is 10.3. The van der Waals surface area contributed by atoms with Crippen LogP contribution in [0.15, 0.2) is 0 Å². The summed E-state index contributed by atoms with van der Waals surface area (Å²) in [6.07, 6.45) is 1.11. The third-order valence-electron chi connectivity index (χ3n) is 3.00. The zero-order chi connectivity index (χ0) is 11.4. The maximum Gasteiger partial charge on any atom is 0.309 e. The third kappa shape index (κ3) is 2.35. The van der Waals surface area contributed by atoms with Gasteiger partial charge in [-0.15, -0.1) is 0 Å². The highest BCUT2D eigenvalue weighted by Gasteiger charge is 2.44. The molecule has 1 fully saturated rings. The van der Waals surface area contributed by atoms with Crippen LogP contribution in [-0.4, -0.2) is 43.8 Å². The van der Waals surface area contributed by atoms with Gasteiger partial charge in [0.05, 0.1) is 18.1 Å². The van der Waals surface area contributed by atoms with E-state index in [1.807, 2.05) is 0 Å². The lowest BCUT2D eigenvalue weighted by atomic mass is 9.76. The molecule has 5 heteroatoms. The van der Waals surface area contributed by atoms with Crippen LogP contribution in [0.5, 0.6) is 0 Å². The van der Waals surface area contributed by atoms with E-state index in [-0.39, 0.29) is 6.10 Å². The van der Waals surface area contributed by atoms with Gasteiger partial charge in [0.15, 0.2) is 0 Å². The molecule has 0 saturated heterocycles. The van der Waals surface area contributed by atoms with Crippen LogP contribution in [0.3, 0.4) is 0 Å². The van der Waals surface area contributed by atoms with E-state index in [0.717, 1.165) is 0 Å². The van der Waals surface area contributed by atoms with Crippen molar-refractivity contribution < 1.29 is 24.2 Å². The minimum Gasteiger partial charge on any atom is -0.481 e. The molecule has 0 heterocycles. The second kappa shape index (κ2) is 5.23. The Hall–Kier alpha value is -0.940. The fourth-order valence-electron chi connectivity index (χ4n) is 2.20. The molecule has 0 amide bonds. The minimum atomic E-state index is -0.999. The fraction of sp³-hybridized carbons (Fsp3) is 0.800. The largest absolute Gasteiger partial charge is 0.481 e. The summed E-state index contributed by atoms with van der Waals surface area (Å²) >= 11 is 0. The van der Waals surface area contributed by atoms with E-state index in [4.69, 9.17) is 14.6 Å². The number of hydrogen-bond donors (Lipinski definition) is 1. The quantitative estimate of drug-likeness (QED) is 0.685. The van der Waals surface area contributed by atoms with E-state index in [1.165, 1.54) is 14.2 Å². The summed E-state index contributed by atoms with van der Waals surface area (Å²) in [4.78, 5) is 21.8. The van der Waals surface area contributed by atoms with Gasteiger partial charge >= 0.3 is 5.97 Å². The predicted molar refractivity (Wildman–Crippen MR) is 51.5 cm³/mol. The fourth-order valence-corrected chi connectivity index (χ4v) is 2.20. The Bertz CT molecular complexity index is 240. The summed E-state index contributed by atoms with van der Waals surface area (Å²) in [5.41, 5.74) is 0. The van der Waals surface area contributed by atoms with Crippen molar-refractivity contribution in [1.29, 1.82) is 0 Å². The summed E-state index contributed by atoms with van der Waals surface area (Å²) in [6, 6.07) is 0. The van der Waals surface area contributed by atoms with Gasteiger partial charge in [0.25, 0.3) is 0 Å². The Kier molecular flexibility index (Phi) is 4.23. The molecule has 0 bridgehead atoms. The van der Waals surface area contributed by atoms with E-state index in [9.17, 15) is 9.59 Å². The van der Waals surface area contributed by atoms with E-state index in [2.05, 4.69) is 0 Å². The van der Waals surface area contributed by atoms with Crippen molar-refractivity contribution in [3.8, 4) is 0 Å². The standard InChI is InChI=1S/C10H16O5/c1-14-7-4-3-6(5-11)8(10(12)13)9(7)15-2/h5-9H,3-4H2,1-2H3,(H,12,13). The van der Waals surface area contributed by atoms with Crippen molar-refractivity contribution in [1.82, 2.24) is 0 Å². The molecule has 0 aromatic heterocycles. The van der Waals surface area contributed by atoms with Crippen LogP contribution < -0.4 is 0 Å². The number of carbonyl (C=O) groups excluding carboxylic acids is 1. The molecule has 0 aromatic rings. The molecule has 1 saturated carbocycles. The Labute approximate surface area is 88.4 Å². The zero-order valence-electron chi connectivity index (χ0n) is 8.88. The van der Waals surface area contributed by atoms with Crippen molar-refractivity contribution in [2.24, 2.45) is 11.8 Å². The molecule has 4 atom stereocenters. The van der Waals surface area contributed by atoms with Gasteiger partial charge in [0, 0.05) is 20.1 Å². The smallest absolute Gasteiger partial charge is 0.309 e. The van der Waals surface area contributed by atoms with Crippen LogP contribution in [0, 0.1) is 11.8 Å². The average Bonchev–Trinajstić information content (AvgIpc) is 2.26. The van der Waals surface area contributed by atoms with Crippen LogP contribution in [0.1, 0.15) is 12.8 Å². The molecule has 1 aliphatic rings. The first-order chi connectivity index (χ1) is 7.15. The highest BCUT2D eigenvalue weighted by Crippen LogP contribution is 2.32. The molecular weight excluding hydrogens is 200 g/mol. The SMILES string of the molecule is COC1CCC(C=O)C(C(=O)O)C1OC. The number of hydrogen-bond acceptors (Lipinski definition) is 4. The number of carboxylic acid groups (broad SMARTS) is 1. The van der Waals surface area contributed by atoms with Crippen LogP contribution in [0.25, 0.3) is 0 Å². The first-order valence-electron chi connectivity index (χ1n) is 4.89. The van der Waals surface area contributed by atoms with Gasteiger partial charge in [-0.2, -0.15) is 0 Å². The lowest BCUT2D eigenvalue weighted by Gasteiger charge is -2.37. The molecular formula is C10H16O5. The maximum absolute atomic E-state index is 11.1. The highest BCUT2D eigenvalue weighted by molar-refractivity contribution is 5.76. The number of methoxy groups -OCH3 is 2. The van der Waals surface area contributed by atoms with Gasteiger partial charge in [-0.25, -0.2) is 0 Å². The second-order valence-electron chi connectivity index (χ2n) is 3.72. The molecule has 1 rings (SSSR count). The third-order valence-corrected chi connectivity index (χ3v) is 3.00. The summed E-state index contributed by atoms with van der Waals surface area (Å²) in [7, 11) is 2.97. The van der Waals surface area contributed by atoms with E-state index in [0.29, 0.717) is 19.1 Å². The van der Waals surface area contributed by atoms with E-state index < -0.39 is 23.9 Å². The van der Waals surface area contributed by atoms with E-state index >= 15 is 0 Å². The lowest BCUT2D eigenvalue weighted by Crippen LogP contribution is -2.48. The number of rotatable bonds is 4. The van der Waals surface area contributed by atoms with Crippen LogP contribution >= 0.6 is 0 Å². The van der Waals surface area contributed by atoms with Crippen molar-refractivity contribution in [3.63, 3.8) is 0 Å². The van der Waals surface area contributed by atoms with Gasteiger partial charge in [0.2, 0.25) is 0 Å². The highest BCUT2D eigenvalue weighted by atomic mass is 16.5. The van der Waals surface area contributed by atoms with Gasteiger partial charge in [-0.1, -0.05) is 0 Å². The molecule has 5 nitrogen and oxygen atoms in total. The molecule has 1 aliphatic carbocycles. The van der Waals surface area contributed by atoms with Crippen molar-refractivity contribution >= 4 is 12.3 Å². The summed E-state index contributed by atoms with van der Waals surface area (Å²) in [6.45, 7) is 0. The normalized spacial score (nSPS) is 36.1. The molecule has 0 aromatic carbocycles. The molecule has 4 unspecified atom stereocenters. The number of carboxylic acids is 1. The van der Waals surface area contributed by atoms with Crippen LogP contribution in [-0.2, 0) is 19.1 Å². The van der Waals surface area contributed by atoms with E-state index in [1.54, 1.807) is 0 Å². The minimum absolute atomic E-state index is 0.243. The number of ether oxygens (including phenoxy) is 2. The number of aliphatic carboxylic acids is 1. The van der Waals surface area contributed by atoms with Crippen LogP contribution in [0.2, 0.25) is 0 Å². The molecule has 1 N–H and O–H groups in total. The van der Waals surface area contributed by atoms with Gasteiger partial charge < -0.3 is 19.4 Å². The predicted octanol–water partition coefficient (Wildman–Crippen LogP) is 0.326. The van der Waals surface area contributed by atoms with Crippen LogP contribution in [0.4, 0.5) is 0 Å². The average molecular weight is 216 g/mol. The maximum atomic E-state index is 11.1. The molecule has 15 heavy (non-hydrogen) atoms. The van der Waals surface area contributed by atoms with Crippen molar-refractivity contribution in [2.45, 2.75) is 25.0 Å². The first kappa shape index (κ1) is 12.1. The topological polar surface area (TPSA) is 72.8 Å². The molecule has 0 aliphatic heterocycles. The summed E-state index contributed by atoms with van der Waals surface area (Å²) in [5.74, 6) is -2.27. The van der Waals surface area contributed by atoms with Gasteiger partial charge in [-0.3, -0.25) is 4.79 Å². The van der Waals surface area contributed by atoms with Crippen molar-refractivity contribution in [3.05, 3.63) is 0 Å². The molecule has 0 radical (unpaired) electrons. The summed E-state index contributed by atoms with van der Waals surface area (Å²) in [5, 5.41) is 9.06. The Balaban J connectivity index is 2.87. The molecule has 0 spiro atoms. The first-order valence-corrected chi connectivity index (χ1v) is 4.89. The van der Waals surface area contributed by atoms with Gasteiger partial charge in [0.1, 0.15) is 6.29 Å². The molecule has 86 valence electrons. The zero-order valence-corrected chi connectivity index (χ0v) is 8.88. The number of carbonyl (C=O) groups is 2. The van der Waals surface area contributed by atoms with Gasteiger partial charge in [-0.05, 0) is 12.8 Å². The number of aldehydes is 1. The lowest BCUT2D eigenvalue weighted by molar-refractivity contribution is -0.164. The monoisotopic (exact) mass is 216 g/mol. The Morgan fingerprint density at radius 1 is 1.33 bits per heavy atom.